The van der Waals surface area contributed by atoms with E-state index < -0.39 is 5.60 Å². The van der Waals surface area contributed by atoms with Gasteiger partial charge in [0.15, 0.2) is 11.4 Å². The Morgan fingerprint density at radius 3 is 2.41 bits per heavy atom. The van der Waals surface area contributed by atoms with Crippen molar-refractivity contribution >= 4 is 11.8 Å². The molecule has 150 valence electrons. The highest BCUT2D eigenvalue weighted by Crippen LogP contribution is 2.68. The first-order valence-electron chi connectivity index (χ1n) is 10.7. The first-order valence-corrected chi connectivity index (χ1v) is 10.7. The Balaban J connectivity index is 1.69. The number of ether oxygens (including phenoxy) is 1. The predicted molar refractivity (Wildman–Crippen MR) is 103 cm³/mol. The molecular weight excluding hydrogens is 340 g/mol. The van der Waals surface area contributed by atoms with Crippen LogP contribution in [0.25, 0.3) is 0 Å². The van der Waals surface area contributed by atoms with Gasteiger partial charge in [0.1, 0.15) is 0 Å². The molecule has 0 radical (unpaired) electrons. The van der Waals surface area contributed by atoms with Gasteiger partial charge in [0.25, 0.3) is 0 Å². The molecule has 4 heteroatoms. The summed E-state index contributed by atoms with van der Waals surface area (Å²) in [6, 6.07) is 0. The Kier molecular flexibility index (Phi) is 4.38. The summed E-state index contributed by atoms with van der Waals surface area (Å²) >= 11 is 0. The maximum Gasteiger partial charge on any atom is 0.303 e. The third kappa shape index (κ3) is 2.51. The van der Waals surface area contributed by atoms with Crippen molar-refractivity contribution in [1.82, 2.24) is 0 Å². The van der Waals surface area contributed by atoms with Crippen LogP contribution in [-0.2, 0) is 14.3 Å². The second-order valence-electron chi connectivity index (χ2n) is 10.1. The lowest BCUT2D eigenvalue weighted by atomic mass is 9.46. The Morgan fingerprint density at radius 1 is 1.04 bits per heavy atom. The van der Waals surface area contributed by atoms with E-state index in [4.69, 9.17) is 4.74 Å². The summed E-state index contributed by atoms with van der Waals surface area (Å²) in [5, 5.41) is 10.1. The molecule has 27 heavy (non-hydrogen) atoms. The zero-order valence-corrected chi connectivity index (χ0v) is 17.2. The molecule has 3 saturated carbocycles. The van der Waals surface area contributed by atoms with E-state index in [-0.39, 0.29) is 28.7 Å². The summed E-state index contributed by atoms with van der Waals surface area (Å²) in [7, 11) is 0. The van der Waals surface area contributed by atoms with E-state index in [9.17, 15) is 14.7 Å². The van der Waals surface area contributed by atoms with Gasteiger partial charge in [0.2, 0.25) is 0 Å². The first-order chi connectivity index (χ1) is 12.6. The molecule has 2 unspecified atom stereocenters. The van der Waals surface area contributed by atoms with Crippen LogP contribution in [0.15, 0.2) is 11.6 Å². The van der Waals surface area contributed by atoms with Gasteiger partial charge in [-0.1, -0.05) is 25.5 Å². The van der Waals surface area contributed by atoms with Gasteiger partial charge >= 0.3 is 5.97 Å². The number of hydrogen-bond donors (Lipinski definition) is 1. The zero-order valence-electron chi connectivity index (χ0n) is 17.2. The summed E-state index contributed by atoms with van der Waals surface area (Å²) in [5.74, 6) is 1.31. The van der Waals surface area contributed by atoms with E-state index in [1.807, 2.05) is 0 Å². The average molecular weight is 375 g/mol. The van der Waals surface area contributed by atoms with E-state index in [1.54, 1.807) is 6.92 Å². The van der Waals surface area contributed by atoms with Crippen molar-refractivity contribution in [3.8, 4) is 0 Å². The van der Waals surface area contributed by atoms with Crippen molar-refractivity contribution in [1.29, 1.82) is 0 Å². The largest absolute Gasteiger partial charge is 0.451 e. The third-order valence-corrected chi connectivity index (χ3v) is 9.10. The van der Waals surface area contributed by atoms with Gasteiger partial charge in [-0.15, -0.1) is 0 Å². The van der Waals surface area contributed by atoms with Gasteiger partial charge in [-0.3, -0.25) is 9.59 Å². The van der Waals surface area contributed by atoms with Crippen LogP contribution in [0.3, 0.4) is 0 Å². The van der Waals surface area contributed by atoms with Crippen LogP contribution in [0.2, 0.25) is 0 Å². The minimum absolute atomic E-state index is 0.0181. The number of ketones is 1. The zero-order chi connectivity index (χ0) is 19.6. The average Bonchev–Trinajstić information content (AvgIpc) is 2.89. The van der Waals surface area contributed by atoms with E-state index >= 15 is 0 Å². The molecule has 0 bridgehead atoms. The predicted octanol–water partition coefficient (Wildman–Crippen LogP) is 4.20. The van der Waals surface area contributed by atoms with Crippen molar-refractivity contribution in [3.05, 3.63) is 11.6 Å². The van der Waals surface area contributed by atoms with Crippen molar-refractivity contribution in [2.24, 2.45) is 28.6 Å². The summed E-state index contributed by atoms with van der Waals surface area (Å²) < 4.78 is 5.83. The topological polar surface area (TPSA) is 63.6 Å². The van der Waals surface area contributed by atoms with Crippen LogP contribution in [0.1, 0.15) is 79.1 Å². The highest BCUT2D eigenvalue weighted by Gasteiger charge is 2.67. The molecule has 0 saturated heterocycles. The fourth-order valence-electron chi connectivity index (χ4n) is 7.77. The number of aliphatic hydroxyl groups is 1. The molecule has 4 aliphatic rings. The summed E-state index contributed by atoms with van der Waals surface area (Å²) in [5.41, 5.74) is 0.458. The Morgan fingerprint density at radius 2 is 1.74 bits per heavy atom. The maximum absolute atomic E-state index is 12.7. The smallest absolute Gasteiger partial charge is 0.303 e. The fourth-order valence-corrected chi connectivity index (χ4v) is 7.77. The number of aliphatic hydroxyl groups excluding tert-OH is 1. The summed E-state index contributed by atoms with van der Waals surface area (Å²) in [6.45, 7) is 7.65. The normalized spacial score (nSPS) is 48.7. The number of allylic oxidation sites excluding steroid dienone is 1. The Labute approximate surface area is 162 Å². The maximum atomic E-state index is 12.7. The number of esters is 1. The van der Waals surface area contributed by atoms with E-state index in [0.717, 1.165) is 44.9 Å². The number of Topliss-reactive ketones (excluding diaryl/α,β-unsaturated/α-hetero) is 1. The fraction of sp³-hybridized carbons (Fsp3) is 0.826. The van der Waals surface area contributed by atoms with E-state index in [0.29, 0.717) is 24.2 Å². The molecule has 1 N–H and O–H groups in total. The van der Waals surface area contributed by atoms with Crippen LogP contribution >= 0.6 is 0 Å². The van der Waals surface area contributed by atoms with Crippen molar-refractivity contribution < 1.29 is 19.4 Å². The quantitative estimate of drug-likeness (QED) is 0.581. The highest BCUT2D eigenvalue weighted by molar-refractivity contribution is 5.89. The SMILES string of the molecule is CC(=O)O[C@]1(C(C)=O)CCC2[C@@H]3CCC4=C[C@@H](O)CC[C@]4(C)C3CC[C@@]21C. The van der Waals surface area contributed by atoms with E-state index in [1.165, 1.54) is 12.5 Å². The molecule has 4 rings (SSSR count). The summed E-state index contributed by atoms with van der Waals surface area (Å²) in [4.78, 5) is 24.6. The number of hydrogen-bond acceptors (Lipinski definition) is 4. The molecule has 7 atom stereocenters. The Hall–Kier alpha value is -1.16. The summed E-state index contributed by atoms with van der Waals surface area (Å²) in [6.07, 6.45) is 9.62. The number of carbonyl (C=O) groups excluding carboxylic acids is 2. The van der Waals surface area contributed by atoms with Crippen LogP contribution in [0.5, 0.6) is 0 Å². The number of rotatable bonds is 2. The lowest BCUT2D eigenvalue weighted by Crippen LogP contribution is -2.58. The van der Waals surface area contributed by atoms with Crippen LogP contribution in [-0.4, -0.2) is 28.6 Å². The molecule has 4 aliphatic carbocycles. The van der Waals surface area contributed by atoms with Crippen molar-refractivity contribution in [2.45, 2.75) is 90.8 Å². The monoisotopic (exact) mass is 374 g/mol. The number of fused-ring (bicyclic) bond motifs is 5. The molecule has 0 aromatic carbocycles. The van der Waals surface area contributed by atoms with Crippen LogP contribution < -0.4 is 0 Å². The molecule has 4 nitrogen and oxygen atoms in total. The molecule has 0 aromatic rings. The molecule has 0 heterocycles. The molecular formula is C23H34O4. The minimum Gasteiger partial charge on any atom is -0.451 e. The van der Waals surface area contributed by atoms with Gasteiger partial charge in [-0.25, -0.2) is 0 Å². The van der Waals surface area contributed by atoms with E-state index in [2.05, 4.69) is 19.9 Å². The lowest BCUT2D eigenvalue weighted by Gasteiger charge is -2.59. The standard InChI is InChI=1S/C23H34O4/c1-14(24)23(27-15(2)25)12-9-20-18-6-5-16-13-17(26)7-10-21(16,3)19(18)8-11-22(20,23)4/h13,17-20,26H,5-12H2,1-4H3/t17-,18+,19?,20?,21-,22-,23-/m0/s1. The van der Waals surface area contributed by atoms with Crippen LogP contribution in [0, 0.1) is 28.6 Å². The Bertz CT molecular complexity index is 696. The minimum atomic E-state index is -0.936. The lowest BCUT2D eigenvalue weighted by molar-refractivity contribution is -0.187. The molecule has 3 fully saturated rings. The molecule has 0 aromatic heterocycles. The molecule has 0 spiro atoms. The van der Waals surface area contributed by atoms with Gasteiger partial charge in [-0.05, 0) is 81.5 Å². The highest BCUT2D eigenvalue weighted by atomic mass is 16.6. The van der Waals surface area contributed by atoms with Gasteiger partial charge in [0.05, 0.1) is 6.10 Å². The molecule has 0 aliphatic heterocycles. The van der Waals surface area contributed by atoms with Crippen molar-refractivity contribution in [3.63, 3.8) is 0 Å². The van der Waals surface area contributed by atoms with Gasteiger partial charge < -0.3 is 9.84 Å². The van der Waals surface area contributed by atoms with Gasteiger partial charge in [-0.2, -0.15) is 0 Å². The third-order valence-electron chi connectivity index (χ3n) is 9.10. The second-order valence-corrected chi connectivity index (χ2v) is 10.1. The van der Waals surface area contributed by atoms with Crippen LogP contribution in [0.4, 0.5) is 0 Å². The first kappa shape index (κ1) is 19.2. The number of carbonyl (C=O) groups is 2. The second kappa shape index (κ2) is 6.17. The van der Waals surface area contributed by atoms with Gasteiger partial charge in [0, 0.05) is 12.3 Å². The van der Waals surface area contributed by atoms with Crippen molar-refractivity contribution in [2.75, 3.05) is 0 Å². The molecule has 0 amide bonds.